The third-order valence-corrected chi connectivity index (χ3v) is 4.94. The molecule has 0 N–H and O–H groups in total. The minimum absolute atomic E-state index is 0.669. The average molecular weight is 336 g/mol. The predicted octanol–water partition coefficient (Wildman–Crippen LogP) is 3.12. The van der Waals surface area contributed by atoms with Crippen LogP contribution in [0.3, 0.4) is 0 Å². The Bertz CT molecular complexity index is 975. The van der Waals surface area contributed by atoms with Gasteiger partial charge in [-0.15, -0.1) is 10.2 Å². The van der Waals surface area contributed by atoms with Crippen molar-refractivity contribution in [3.63, 3.8) is 0 Å². The molecule has 0 saturated carbocycles. The summed E-state index contributed by atoms with van der Waals surface area (Å²) in [6.07, 6.45) is 1.76. The van der Waals surface area contributed by atoms with Gasteiger partial charge in [0.2, 0.25) is 5.13 Å². The van der Waals surface area contributed by atoms with E-state index in [-0.39, 0.29) is 0 Å². The topological polar surface area (TPSA) is 59.7 Å². The lowest BCUT2D eigenvalue weighted by Crippen LogP contribution is -2.18. The normalized spacial score (nSPS) is 11.1. The number of hydrogen-bond acceptors (Lipinski definition) is 6. The van der Waals surface area contributed by atoms with Gasteiger partial charge in [0, 0.05) is 20.3 Å². The summed E-state index contributed by atoms with van der Waals surface area (Å²) < 4.78 is 2.12. The maximum atomic E-state index is 4.71. The van der Waals surface area contributed by atoms with Gasteiger partial charge in [0.25, 0.3) is 0 Å². The summed E-state index contributed by atoms with van der Waals surface area (Å²) >= 11 is 1.53. The van der Waals surface area contributed by atoms with E-state index in [0.29, 0.717) is 6.54 Å². The predicted molar refractivity (Wildman–Crippen MR) is 96.0 cm³/mol. The molecule has 4 aromatic rings. The van der Waals surface area contributed by atoms with Crippen molar-refractivity contribution >= 4 is 27.5 Å². The summed E-state index contributed by atoms with van der Waals surface area (Å²) in [5.74, 6) is 0.994. The molecule has 0 unspecified atom stereocenters. The fraction of sp³-hybridized carbons (Fsp3) is 0.176. The third-order valence-electron chi connectivity index (χ3n) is 3.88. The quantitative estimate of drug-likeness (QED) is 0.573. The first kappa shape index (κ1) is 14.8. The molecule has 0 atom stereocenters. The van der Waals surface area contributed by atoms with Crippen LogP contribution in [0.5, 0.6) is 0 Å². The summed E-state index contributed by atoms with van der Waals surface area (Å²) in [7, 11) is 4.04. The lowest BCUT2D eigenvalue weighted by atomic mass is 10.3. The number of aromatic nitrogens is 5. The Labute approximate surface area is 143 Å². The summed E-state index contributed by atoms with van der Waals surface area (Å²) in [5.41, 5.74) is 2.99. The van der Waals surface area contributed by atoms with E-state index in [0.717, 1.165) is 32.7 Å². The largest absolute Gasteiger partial charge is 0.342 e. The number of benzene rings is 1. The zero-order chi connectivity index (χ0) is 16.5. The van der Waals surface area contributed by atoms with Crippen LogP contribution in [0.1, 0.15) is 5.82 Å². The van der Waals surface area contributed by atoms with Crippen LogP contribution in [0.15, 0.2) is 48.7 Å². The van der Waals surface area contributed by atoms with Crippen LogP contribution in [-0.2, 0) is 13.6 Å². The van der Waals surface area contributed by atoms with Gasteiger partial charge in [0.15, 0.2) is 5.01 Å². The van der Waals surface area contributed by atoms with Crippen LogP contribution in [0.25, 0.3) is 21.7 Å². The van der Waals surface area contributed by atoms with Crippen LogP contribution in [-0.4, -0.2) is 31.8 Å². The van der Waals surface area contributed by atoms with E-state index in [9.17, 15) is 0 Å². The molecule has 0 fully saturated rings. The molecule has 24 heavy (non-hydrogen) atoms. The van der Waals surface area contributed by atoms with Crippen molar-refractivity contribution in [1.82, 2.24) is 24.7 Å². The number of rotatable bonds is 4. The monoisotopic (exact) mass is 336 g/mol. The van der Waals surface area contributed by atoms with Gasteiger partial charge in [0.05, 0.1) is 17.6 Å². The minimum atomic E-state index is 0.669. The number of anilines is 1. The van der Waals surface area contributed by atoms with Gasteiger partial charge in [-0.05, 0) is 24.3 Å². The second-order valence-corrected chi connectivity index (χ2v) is 6.49. The fourth-order valence-electron chi connectivity index (χ4n) is 2.58. The highest BCUT2D eigenvalue weighted by atomic mass is 32.1. The van der Waals surface area contributed by atoms with Crippen LogP contribution in [0.2, 0.25) is 0 Å². The molecule has 0 aliphatic rings. The molecule has 0 radical (unpaired) electrons. The van der Waals surface area contributed by atoms with E-state index >= 15 is 0 Å². The van der Waals surface area contributed by atoms with Crippen molar-refractivity contribution in [2.75, 3.05) is 11.9 Å². The second-order valence-electron chi connectivity index (χ2n) is 5.54. The third kappa shape index (κ3) is 2.63. The molecule has 0 saturated heterocycles. The molecule has 6 nitrogen and oxygen atoms in total. The highest BCUT2D eigenvalue weighted by Crippen LogP contribution is 2.27. The summed E-state index contributed by atoms with van der Waals surface area (Å²) in [6, 6.07) is 13.9. The van der Waals surface area contributed by atoms with Crippen molar-refractivity contribution < 1.29 is 0 Å². The smallest absolute Gasteiger partial charge is 0.208 e. The molecule has 0 aliphatic heterocycles. The molecule has 0 amide bonds. The summed E-state index contributed by atoms with van der Waals surface area (Å²) in [5, 5.41) is 10.2. The van der Waals surface area contributed by atoms with E-state index < -0.39 is 0 Å². The van der Waals surface area contributed by atoms with Gasteiger partial charge in [-0.25, -0.2) is 4.98 Å². The number of para-hydroxylation sites is 2. The van der Waals surface area contributed by atoms with Gasteiger partial charge >= 0.3 is 0 Å². The zero-order valence-corrected chi connectivity index (χ0v) is 14.2. The van der Waals surface area contributed by atoms with Crippen LogP contribution >= 0.6 is 11.3 Å². The van der Waals surface area contributed by atoms with Crippen LogP contribution in [0.4, 0.5) is 5.13 Å². The van der Waals surface area contributed by atoms with Gasteiger partial charge in [-0.2, -0.15) is 0 Å². The van der Waals surface area contributed by atoms with E-state index in [1.807, 2.05) is 50.5 Å². The molecule has 0 bridgehead atoms. The van der Waals surface area contributed by atoms with E-state index in [4.69, 9.17) is 4.98 Å². The number of nitrogens with zero attached hydrogens (tertiary/aromatic N) is 6. The van der Waals surface area contributed by atoms with Crippen molar-refractivity contribution in [2.24, 2.45) is 7.05 Å². The first-order chi connectivity index (χ1) is 11.7. The molecule has 7 heteroatoms. The Hall–Kier alpha value is -2.80. The fourth-order valence-corrected chi connectivity index (χ4v) is 3.36. The van der Waals surface area contributed by atoms with Crippen molar-refractivity contribution in [3.05, 3.63) is 54.5 Å². The van der Waals surface area contributed by atoms with Gasteiger partial charge in [-0.3, -0.25) is 4.98 Å². The molecule has 0 spiro atoms. The summed E-state index contributed by atoms with van der Waals surface area (Å²) in [6.45, 7) is 0.669. The number of hydrogen-bond donors (Lipinski definition) is 0. The van der Waals surface area contributed by atoms with Crippen molar-refractivity contribution in [1.29, 1.82) is 0 Å². The Kier molecular flexibility index (Phi) is 3.70. The van der Waals surface area contributed by atoms with E-state index in [1.165, 1.54) is 11.3 Å². The number of aryl methyl sites for hydroxylation is 1. The average Bonchev–Trinajstić information content (AvgIpc) is 3.22. The van der Waals surface area contributed by atoms with E-state index in [2.05, 4.69) is 30.7 Å². The first-order valence-electron chi connectivity index (χ1n) is 7.59. The van der Waals surface area contributed by atoms with Crippen LogP contribution in [0, 0.1) is 0 Å². The highest BCUT2D eigenvalue weighted by molar-refractivity contribution is 7.18. The number of fused-ring (bicyclic) bond motifs is 1. The Morgan fingerprint density at radius 3 is 2.71 bits per heavy atom. The van der Waals surface area contributed by atoms with Gasteiger partial charge in [0.1, 0.15) is 11.5 Å². The maximum absolute atomic E-state index is 4.71. The number of pyridine rings is 1. The standard InChI is InChI=1S/C17H16N6S/c1-22(11-15-19-12-7-3-4-9-14(12)23(15)2)17-21-20-16(24-17)13-8-5-6-10-18-13/h3-10H,11H2,1-2H3. The lowest BCUT2D eigenvalue weighted by Gasteiger charge is -2.14. The Morgan fingerprint density at radius 1 is 1.08 bits per heavy atom. The lowest BCUT2D eigenvalue weighted by molar-refractivity contribution is 0.770. The van der Waals surface area contributed by atoms with Crippen molar-refractivity contribution in [2.45, 2.75) is 6.54 Å². The molecule has 3 aromatic heterocycles. The minimum Gasteiger partial charge on any atom is -0.342 e. The highest BCUT2D eigenvalue weighted by Gasteiger charge is 2.14. The van der Waals surface area contributed by atoms with Crippen molar-refractivity contribution in [3.8, 4) is 10.7 Å². The molecule has 0 aliphatic carbocycles. The number of imidazole rings is 1. The zero-order valence-electron chi connectivity index (χ0n) is 13.4. The maximum Gasteiger partial charge on any atom is 0.208 e. The SMILES string of the molecule is CN(Cc1nc2ccccc2n1C)c1nnc(-c2ccccn2)s1. The van der Waals surface area contributed by atoms with E-state index in [1.54, 1.807) is 6.20 Å². The van der Waals surface area contributed by atoms with Crippen LogP contribution < -0.4 is 4.90 Å². The van der Waals surface area contributed by atoms with Gasteiger partial charge in [-0.1, -0.05) is 29.5 Å². The second kappa shape index (κ2) is 6.01. The molecule has 4 rings (SSSR count). The molecular formula is C17H16N6S. The molecular weight excluding hydrogens is 320 g/mol. The first-order valence-corrected chi connectivity index (χ1v) is 8.40. The molecule has 120 valence electrons. The molecule has 1 aromatic carbocycles. The van der Waals surface area contributed by atoms with Gasteiger partial charge < -0.3 is 9.47 Å². The summed E-state index contributed by atoms with van der Waals surface area (Å²) in [4.78, 5) is 11.1. The Morgan fingerprint density at radius 2 is 1.92 bits per heavy atom. The Balaban J connectivity index is 1.59. The molecule has 3 heterocycles.